The maximum atomic E-state index is 5.67. The summed E-state index contributed by atoms with van der Waals surface area (Å²) in [4.78, 5) is 0. The van der Waals surface area contributed by atoms with E-state index in [4.69, 9.17) is 16.0 Å². The molecule has 0 aliphatic carbocycles. The van der Waals surface area contributed by atoms with Crippen molar-refractivity contribution < 1.29 is 4.42 Å². The minimum absolute atomic E-state index is 0.0545. The topological polar surface area (TPSA) is 25.2 Å². The van der Waals surface area contributed by atoms with Crippen molar-refractivity contribution in [2.24, 2.45) is 0 Å². The van der Waals surface area contributed by atoms with E-state index in [1.54, 1.807) is 0 Å². The Bertz CT molecular complexity index is 504. The molecule has 0 saturated heterocycles. The lowest BCUT2D eigenvalue weighted by Gasteiger charge is -2.24. The highest BCUT2D eigenvalue weighted by molar-refractivity contribution is 6.17. The van der Waals surface area contributed by atoms with E-state index in [-0.39, 0.29) is 5.41 Å². The molecule has 0 aliphatic rings. The fourth-order valence-electron chi connectivity index (χ4n) is 2.19. The lowest BCUT2D eigenvalue weighted by atomic mass is 9.84. The van der Waals surface area contributed by atoms with Gasteiger partial charge in [-0.15, -0.1) is 11.6 Å². The van der Waals surface area contributed by atoms with Gasteiger partial charge in [0.15, 0.2) is 0 Å². The molecule has 1 N–H and O–H groups in total. The van der Waals surface area contributed by atoms with E-state index in [0.29, 0.717) is 5.88 Å². The van der Waals surface area contributed by atoms with Crippen LogP contribution in [0.1, 0.15) is 25.8 Å². The molecule has 1 aromatic carbocycles. The summed E-state index contributed by atoms with van der Waals surface area (Å²) in [5, 5.41) is 4.66. The van der Waals surface area contributed by atoms with Gasteiger partial charge in [0.2, 0.25) is 0 Å². The van der Waals surface area contributed by atoms with Gasteiger partial charge < -0.3 is 9.73 Å². The Labute approximate surface area is 113 Å². The molecule has 0 amide bonds. The monoisotopic (exact) mass is 265 g/mol. The Morgan fingerprint density at radius 2 is 2.06 bits per heavy atom. The predicted molar refractivity (Wildman–Crippen MR) is 77.4 cm³/mol. The maximum Gasteiger partial charge on any atom is 0.134 e. The molecule has 0 bridgehead atoms. The molecular formula is C15H20ClNO. The Kier molecular flexibility index (Phi) is 4.31. The van der Waals surface area contributed by atoms with Crippen LogP contribution in [0.25, 0.3) is 11.0 Å². The molecule has 2 rings (SSSR count). The highest BCUT2D eigenvalue weighted by Gasteiger charge is 2.24. The second kappa shape index (κ2) is 5.77. The van der Waals surface area contributed by atoms with E-state index in [2.05, 4.69) is 31.3 Å². The minimum Gasteiger partial charge on any atom is -0.464 e. The van der Waals surface area contributed by atoms with Crippen molar-refractivity contribution in [1.29, 1.82) is 0 Å². The number of nitrogens with one attached hydrogen (secondary N) is 1. The minimum atomic E-state index is 0.0545. The summed E-state index contributed by atoms with van der Waals surface area (Å²) in [5.41, 5.74) is 2.27. The van der Waals surface area contributed by atoms with Gasteiger partial charge >= 0.3 is 0 Å². The second-order valence-electron chi connectivity index (χ2n) is 5.25. The van der Waals surface area contributed by atoms with Gasteiger partial charge in [0.1, 0.15) is 5.58 Å². The zero-order chi connectivity index (χ0) is 13.0. The molecule has 18 heavy (non-hydrogen) atoms. The van der Waals surface area contributed by atoms with E-state index in [1.165, 1.54) is 10.9 Å². The highest BCUT2D eigenvalue weighted by Crippen LogP contribution is 2.31. The van der Waals surface area contributed by atoms with E-state index in [0.717, 1.165) is 25.1 Å². The van der Waals surface area contributed by atoms with Gasteiger partial charge in [-0.05, 0) is 19.0 Å². The van der Waals surface area contributed by atoms with Crippen LogP contribution in [0.3, 0.4) is 0 Å². The Morgan fingerprint density at radius 1 is 1.28 bits per heavy atom. The van der Waals surface area contributed by atoms with Gasteiger partial charge in [0, 0.05) is 28.8 Å². The molecule has 1 heterocycles. The third-order valence-electron chi connectivity index (χ3n) is 3.26. The SMILES string of the molecule is CC(C)(CNCCCCl)c1coc2ccccc12. The van der Waals surface area contributed by atoms with Crippen LogP contribution >= 0.6 is 11.6 Å². The van der Waals surface area contributed by atoms with Crippen LogP contribution in [0.15, 0.2) is 34.9 Å². The average molecular weight is 266 g/mol. The van der Waals surface area contributed by atoms with Crippen molar-refractivity contribution in [2.75, 3.05) is 19.0 Å². The molecule has 2 aromatic rings. The molecule has 2 nitrogen and oxygen atoms in total. The van der Waals surface area contributed by atoms with E-state index in [1.807, 2.05) is 18.4 Å². The van der Waals surface area contributed by atoms with Crippen LogP contribution in [0.5, 0.6) is 0 Å². The van der Waals surface area contributed by atoms with Crippen LogP contribution in [0.4, 0.5) is 0 Å². The number of furan rings is 1. The lowest BCUT2D eigenvalue weighted by Crippen LogP contribution is -2.33. The van der Waals surface area contributed by atoms with Crippen LogP contribution in [0, 0.1) is 0 Å². The van der Waals surface area contributed by atoms with E-state index >= 15 is 0 Å². The number of rotatable bonds is 6. The first-order valence-electron chi connectivity index (χ1n) is 6.38. The highest BCUT2D eigenvalue weighted by atomic mass is 35.5. The molecule has 0 aliphatic heterocycles. The third-order valence-corrected chi connectivity index (χ3v) is 3.53. The van der Waals surface area contributed by atoms with Gasteiger partial charge in [-0.3, -0.25) is 0 Å². The summed E-state index contributed by atoms with van der Waals surface area (Å²) >= 11 is 5.67. The smallest absolute Gasteiger partial charge is 0.134 e. The molecule has 3 heteroatoms. The third kappa shape index (κ3) is 2.88. The van der Waals surface area contributed by atoms with Gasteiger partial charge in [-0.25, -0.2) is 0 Å². The summed E-state index contributed by atoms with van der Waals surface area (Å²) in [7, 11) is 0. The summed E-state index contributed by atoms with van der Waals surface area (Å²) in [5.74, 6) is 0.710. The first-order chi connectivity index (χ1) is 8.65. The van der Waals surface area contributed by atoms with Crippen LogP contribution in [-0.4, -0.2) is 19.0 Å². The summed E-state index contributed by atoms with van der Waals surface area (Å²) in [6.07, 6.45) is 2.89. The van der Waals surface area contributed by atoms with E-state index in [9.17, 15) is 0 Å². The largest absolute Gasteiger partial charge is 0.464 e. The molecule has 0 spiro atoms. The summed E-state index contributed by atoms with van der Waals surface area (Å²) < 4.78 is 5.61. The van der Waals surface area contributed by atoms with Crippen LogP contribution < -0.4 is 5.32 Å². The zero-order valence-electron chi connectivity index (χ0n) is 11.0. The van der Waals surface area contributed by atoms with Gasteiger partial charge in [0.25, 0.3) is 0 Å². The molecule has 0 radical (unpaired) electrons. The van der Waals surface area contributed by atoms with Crippen LogP contribution in [0.2, 0.25) is 0 Å². The van der Waals surface area contributed by atoms with Crippen molar-refractivity contribution in [1.82, 2.24) is 5.32 Å². The molecule has 98 valence electrons. The number of para-hydroxylation sites is 1. The lowest BCUT2D eigenvalue weighted by molar-refractivity contribution is 0.464. The Balaban J connectivity index is 2.13. The van der Waals surface area contributed by atoms with Crippen LogP contribution in [-0.2, 0) is 5.41 Å². The fraction of sp³-hybridized carbons (Fsp3) is 0.467. The number of fused-ring (bicyclic) bond motifs is 1. The van der Waals surface area contributed by atoms with Gasteiger partial charge in [-0.2, -0.15) is 0 Å². The number of alkyl halides is 1. The van der Waals surface area contributed by atoms with Crippen molar-refractivity contribution in [3.05, 3.63) is 36.1 Å². The van der Waals surface area contributed by atoms with Crippen molar-refractivity contribution in [3.63, 3.8) is 0 Å². The quantitative estimate of drug-likeness (QED) is 0.632. The standard InChI is InChI=1S/C15H20ClNO/c1-15(2,11-17-9-5-8-16)13-10-18-14-7-4-3-6-12(13)14/h3-4,6-7,10,17H,5,8-9,11H2,1-2H3. The number of hydrogen-bond acceptors (Lipinski definition) is 2. The summed E-state index contributed by atoms with van der Waals surface area (Å²) in [6, 6.07) is 8.18. The second-order valence-corrected chi connectivity index (χ2v) is 5.63. The molecule has 0 atom stereocenters. The Morgan fingerprint density at radius 3 is 2.83 bits per heavy atom. The van der Waals surface area contributed by atoms with Crippen molar-refractivity contribution >= 4 is 22.6 Å². The predicted octanol–water partition coefficient (Wildman–Crippen LogP) is 3.93. The maximum absolute atomic E-state index is 5.67. The summed E-state index contributed by atoms with van der Waals surface area (Å²) in [6.45, 7) is 6.35. The van der Waals surface area contributed by atoms with Crippen molar-refractivity contribution in [2.45, 2.75) is 25.7 Å². The van der Waals surface area contributed by atoms with Gasteiger partial charge in [-0.1, -0.05) is 32.0 Å². The number of benzene rings is 1. The van der Waals surface area contributed by atoms with E-state index < -0.39 is 0 Å². The van der Waals surface area contributed by atoms with Gasteiger partial charge in [0.05, 0.1) is 6.26 Å². The number of hydrogen-bond donors (Lipinski definition) is 1. The molecule has 0 fully saturated rings. The molecular weight excluding hydrogens is 246 g/mol. The normalized spacial score (nSPS) is 12.2. The Hall–Kier alpha value is -0.990. The molecule has 1 aromatic heterocycles. The number of halogens is 1. The fourth-order valence-corrected chi connectivity index (χ4v) is 2.32. The first-order valence-corrected chi connectivity index (χ1v) is 6.92. The molecule has 0 unspecified atom stereocenters. The first kappa shape index (κ1) is 13.4. The zero-order valence-corrected chi connectivity index (χ0v) is 11.8. The van der Waals surface area contributed by atoms with Crippen molar-refractivity contribution in [3.8, 4) is 0 Å². The molecule has 0 saturated carbocycles. The average Bonchev–Trinajstić information content (AvgIpc) is 2.79.